The maximum absolute atomic E-state index is 12.2. The molecular weight excluding hydrogens is 242 g/mol. The first-order valence-corrected chi connectivity index (χ1v) is 6.52. The fourth-order valence-corrected chi connectivity index (χ4v) is 2.31. The number of ether oxygens (including phenoxy) is 1. The minimum Gasteiger partial charge on any atom is -0.363 e. The average Bonchev–Trinajstić information content (AvgIpc) is 2.37. The van der Waals surface area contributed by atoms with Crippen molar-refractivity contribution in [3.05, 3.63) is 29.8 Å². The summed E-state index contributed by atoms with van der Waals surface area (Å²) in [5, 5.41) is 2.88. The molecule has 5 nitrogen and oxygen atoms in total. The molecule has 0 spiro atoms. The molecule has 0 aromatic heterocycles. The van der Waals surface area contributed by atoms with Crippen molar-refractivity contribution in [2.75, 3.05) is 25.5 Å². The predicted octanol–water partition coefficient (Wildman–Crippen LogP) is 0.803. The van der Waals surface area contributed by atoms with E-state index in [1.54, 1.807) is 0 Å². The molecule has 1 saturated heterocycles. The standard InChI is InChI=1S/C14H21N3O2/c1-10-8-17(2)9-13(19-10)14(18)16-12-5-3-4-11(6-12)7-15/h3-6,10,13H,7-9,15H2,1-2H3,(H,16,18)/t10-,13+/m0/s1. The van der Waals surface area contributed by atoms with Crippen molar-refractivity contribution in [2.24, 2.45) is 5.73 Å². The van der Waals surface area contributed by atoms with Gasteiger partial charge in [-0.1, -0.05) is 12.1 Å². The van der Waals surface area contributed by atoms with Crippen molar-refractivity contribution in [1.82, 2.24) is 4.90 Å². The van der Waals surface area contributed by atoms with Gasteiger partial charge in [0.15, 0.2) is 0 Å². The number of carbonyl (C=O) groups is 1. The number of hydrogen-bond donors (Lipinski definition) is 2. The molecule has 2 rings (SSSR count). The number of hydrogen-bond acceptors (Lipinski definition) is 4. The zero-order valence-electron chi connectivity index (χ0n) is 11.4. The topological polar surface area (TPSA) is 67.6 Å². The van der Waals surface area contributed by atoms with Crippen LogP contribution in [0.2, 0.25) is 0 Å². The summed E-state index contributed by atoms with van der Waals surface area (Å²) in [6, 6.07) is 7.55. The lowest BCUT2D eigenvalue weighted by Crippen LogP contribution is -2.49. The van der Waals surface area contributed by atoms with E-state index < -0.39 is 6.10 Å². The minimum absolute atomic E-state index is 0.0740. The van der Waals surface area contributed by atoms with Crippen molar-refractivity contribution in [3.63, 3.8) is 0 Å². The summed E-state index contributed by atoms with van der Waals surface area (Å²) in [5.74, 6) is -0.104. The number of amides is 1. The lowest BCUT2D eigenvalue weighted by atomic mass is 10.2. The Bertz CT molecular complexity index is 440. The molecule has 3 N–H and O–H groups in total. The zero-order valence-corrected chi connectivity index (χ0v) is 11.4. The van der Waals surface area contributed by atoms with Crippen LogP contribution in [0.3, 0.4) is 0 Å². The SMILES string of the molecule is C[C@H]1CN(C)C[C@H](C(=O)Nc2cccc(CN)c2)O1. The summed E-state index contributed by atoms with van der Waals surface area (Å²) in [7, 11) is 1.99. The first-order chi connectivity index (χ1) is 9.08. The van der Waals surface area contributed by atoms with Gasteiger partial charge < -0.3 is 20.7 Å². The van der Waals surface area contributed by atoms with Gasteiger partial charge in [-0.2, -0.15) is 0 Å². The fraction of sp³-hybridized carbons (Fsp3) is 0.500. The first-order valence-electron chi connectivity index (χ1n) is 6.52. The van der Waals surface area contributed by atoms with E-state index in [0.717, 1.165) is 17.8 Å². The third kappa shape index (κ3) is 3.76. The van der Waals surface area contributed by atoms with Crippen molar-refractivity contribution in [1.29, 1.82) is 0 Å². The van der Waals surface area contributed by atoms with Crippen LogP contribution in [0.15, 0.2) is 24.3 Å². The molecule has 19 heavy (non-hydrogen) atoms. The monoisotopic (exact) mass is 263 g/mol. The highest BCUT2D eigenvalue weighted by molar-refractivity contribution is 5.94. The molecule has 2 atom stereocenters. The Balaban J connectivity index is 2.00. The molecule has 1 amide bonds. The van der Waals surface area contributed by atoms with E-state index >= 15 is 0 Å². The predicted molar refractivity (Wildman–Crippen MR) is 74.8 cm³/mol. The summed E-state index contributed by atoms with van der Waals surface area (Å²) in [5.41, 5.74) is 7.34. The average molecular weight is 263 g/mol. The first kappa shape index (κ1) is 14.0. The fourth-order valence-electron chi connectivity index (χ4n) is 2.31. The summed E-state index contributed by atoms with van der Waals surface area (Å²) in [6.07, 6.45) is -0.347. The summed E-state index contributed by atoms with van der Waals surface area (Å²) in [4.78, 5) is 14.3. The molecule has 1 aliphatic heterocycles. The molecule has 1 aliphatic rings. The van der Waals surface area contributed by atoms with Crippen LogP contribution in [0.4, 0.5) is 5.69 Å². The van der Waals surface area contributed by atoms with Crippen LogP contribution in [-0.2, 0) is 16.1 Å². The second-order valence-electron chi connectivity index (χ2n) is 5.05. The summed E-state index contributed by atoms with van der Waals surface area (Å²) in [6.45, 7) is 3.91. The normalized spacial score (nSPS) is 24.2. The highest BCUT2D eigenvalue weighted by Crippen LogP contribution is 2.14. The lowest BCUT2D eigenvalue weighted by Gasteiger charge is -2.33. The van der Waals surface area contributed by atoms with Gasteiger partial charge in [0.1, 0.15) is 6.10 Å². The molecule has 1 fully saturated rings. The van der Waals surface area contributed by atoms with E-state index in [-0.39, 0.29) is 12.0 Å². The van der Waals surface area contributed by atoms with Gasteiger partial charge in [-0.05, 0) is 31.7 Å². The number of carbonyl (C=O) groups excluding carboxylic acids is 1. The van der Waals surface area contributed by atoms with Crippen LogP contribution < -0.4 is 11.1 Å². The lowest BCUT2D eigenvalue weighted by molar-refractivity contribution is -0.139. The van der Waals surface area contributed by atoms with E-state index in [4.69, 9.17) is 10.5 Å². The Kier molecular flexibility index (Phi) is 4.52. The van der Waals surface area contributed by atoms with E-state index in [9.17, 15) is 4.79 Å². The van der Waals surface area contributed by atoms with Crippen LogP contribution in [0.1, 0.15) is 12.5 Å². The highest BCUT2D eigenvalue weighted by Gasteiger charge is 2.28. The Morgan fingerprint density at radius 1 is 1.53 bits per heavy atom. The molecule has 1 aromatic carbocycles. The van der Waals surface area contributed by atoms with Gasteiger partial charge in [0, 0.05) is 25.3 Å². The van der Waals surface area contributed by atoms with Crippen LogP contribution in [0.5, 0.6) is 0 Å². The maximum atomic E-state index is 12.2. The molecule has 1 aromatic rings. The highest BCUT2D eigenvalue weighted by atomic mass is 16.5. The van der Waals surface area contributed by atoms with E-state index in [0.29, 0.717) is 13.1 Å². The van der Waals surface area contributed by atoms with Crippen LogP contribution in [-0.4, -0.2) is 43.2 Å². The zero-order chi connectivity index (χ0) is 13.8. The Morgan fingerprint density at radius 3 is 3.00 bits per heavy atom. The number of morpholine rings is 1. The van der Waals surface area contributed by atoms with E-state index in [1.165, 1.54) is 0 Å². The largest absolute Gasteiger partial charge is 0.363 e. The molecule has 1 heterocycles. The minimum atomic E-state index is -0.421. The number of nitrogens with zero attached hydrogens (tertiary/aromatic N) is 1. The smallest absolute Gasteiger partial charge is 0.254 e. The second-order valence-corrected chi connectivity index (χ2v) is 5.05. The molecule has 0 aliphatic carbocycles. The van der Waals surface area contributed by atoms with Crippen molar-refractivity contribution < 1.29 is 9.53 Å². The van der Waals surface area contributed by atoms with Gasteiger partial charge in [-0.25, -0.2) is 0 Å². The van der Waals surface area contributed by atoms with Gasteiger partial charge in [0.25, 0.3) is 5.91 Å². The maximum Gasteiger partial charge on any atom is 0.254 e. The Labute approximate surface area is 113 Å². The quantitative estimate of drug-likeness (QED) is 0.846. The van der Waals surface area contributed by atoms with Crippen LogP contribution in [0, 0.1) is 0 Å². The van der Waals surface area contributed by atoms with Crippen molar-refractivity contribution in [2.45, 2.75) is 25.7 Å². The third-order valence-corrected chi connectivity index (χ3v) is 3.17. The number of anilines is 1. The summed E-state index contributed by atoms with van der Waals surface area (Å²) >= 11 is 0. The van der Waals surface area contributed by atoms with Gasteiger partial charge in [0.05, 0.1) is 6.10 Å². The molecule has 0 unspecified atom stereocenters. The Morgan fingerprint density at radius 2 is 2.32 bits per heavy atom. The third-order valence-electron chi connectivity index (χ3n) is 3.17. The molecule has 0 radical (unpaired) electrons. The molecule has 5 heteroatoms. The van der Waals surface area contributed by atoms with Crippen molar-refractivity contribution >= 4 is 11.6 Å². The van der Waals surface area contributed by atoms with Crippen LogP contribution in [0.25, 0.3) is 0 Å². The van der Waals surface area contributed by atoms with E-state index in [2.05, 4.69) is 10.2 Å². The van der Waals surface area contributed by atoms with Crippen LogP contribution >= 0.6 is 0 Å². The molecular formula is C14H21N3O2. The van der Waals surface area contributed by atoms with Gasteiger partial charge in [-0.15, -0.1) is 0 Å². The number of likely N-dealkylation sites (N-methyl/N-ethyl adjacent to an activating group) is 1. The van der Waals surface area contributed by atoms with Crippen molar-refractivity contribution in [3.8, 4) is 0 Å². The number of nitrogens with two attached hydrogens (primary N) is 1. The number of rotatable bonds is 3. The van der Waals surface area contributed by atoms with E-state index in [1.807, 2.05) is 38.2 Å². The van der Waals surface area contributed by atoms with Gasteiger partial charge >= 0.3 is 0 Å². The molecule has 0 bridgehead atoms. The summed E-state index contributed by atoms with van der Waals surface area (Å²) < 4.78 is 5.67. The number of nitrogens with one attached hydrogen (secondary N) is 1. The second kappa shape index (κ2) is 6.14. The molecule has 104 valence electrons. The Hall–Kier alpha value is -1.43. The van der Waals surface area contributed by atoms with Gasteiger partial charge in [-0.3, -0.25) is 4.79 Å². The van der Waals surface area contributed by atoms with Gasteiger partial charge in [0.2, 0.25) is 0 Å². The number of benzene rings is 1. The molecule has 0 saturated carbocycles.